The van der Waals surface area contributed by atoms with Crippen LogP contribution in [-0.4, -0.2) is 35.0 Å². The summed E-state index contributed by atoms with van der Waals surface area (Å²) in [5.74, 6) is -5.03. The first-order valence-corrected chi connectivity index (χ1v) is 6.36. The van der Waals surface area contributed by atoms with E-state index in [9.17, 15) is 27.6 Å². The standard InChI is InChI=1S/C12H8Cl2F3NO4/c13-6-2-1-5(3-7(6)14)9(19)4-8(10(20)21)18-11(22)12(15,16)17/h1-3,8H,4H2,(H,18,22)(H,20,21)/t8-/m0/s1. The van der Waals surface area contributed by atoms with Crippen LogP contribution in [0.3, 0.4) is 0 Å². The Kier molecular flexibility index (Phi) is 5.78. The molecule has 1 amide bonds. The number of hydrogen-bond acceptors (Lipinski definition) is 3. The molecule has 0 bridgehead atoms. The summed E-state index contributed by atoms with van der Waals surface area (Å²) in [7, 11) is 0. The van der Waals surface area contributed by atoms with Gasteiger partial charge in [-0.05, 0) is 18.2 Å². The fraction of sp³-hybridized carbons (Fsp3) is 0.250. The second kappa shape index (κ2) is 6.97. The number of nitrogens with one attached hydrogen (secondary N) is 1. The first-order chi connectivity index (χ1) is 10.0. The maximum absolute atomic E-state index is 12.1. The van der Waals surface area contributed by atoms with Crippen molar-refractivity contribution < 1.29 is 32.7 Å². The monoisotopic (exact) mass is 357 g/mol. The summed E-state index contributed by atoms with van der Waals surface area (Å²) in [6.45, 7) is 0. The molecule has 1 rings (SSSR count). The first kappa shape index (κ1) is 18.2. The minimum atomic E-state index is -5.25. The second-order valence-electron chi connectivity index (χ2n) is 4.12. The fourth-order valence-electron chi connectivity index (χ4n) is 1.41. The van der Waals surface area contributed by atoms with E-state index >= 15 is 0 Å². The lowest BCUT2D eigenvalue weighted by Crippen LogP contribution is -2.47. The lowest BCUT2D eigenvalue weighted by atomic mass is 10.0. The van der Waals surface area contributed by atoms with E-state index in [1.807, 2.05) is 0 Å². The number of benzene rings is 1. The molecule has 1 atom stereocenters. The number of hydrogen-bond donors (Lipinski definition) is 2. The van der Waals surface area contributed by atoms with Gasteiger partial charge in [0.25, 0.3) is 0 Å². The highest BCUT2D eigenvalue weighted by Crippen LogP contribution is 2.23. The molecule has 22 heavy (non-hydrogen) atoms. The Hall–Kier alpha value is -1.80. The smallest absolute Gasteiger partial charge is 0.471 e. The number of halogens is 5. The summed E-state index contributed by atoms with van der Waals surface area (Å²) in [5.41, 5.74) is -0.0399. The average molecular weight is 358 g/mol. The Bertz CT molecular complexity index is 619. The lowest BCUT2D eigenvalue weighted by Gasteiger charge is -2.15. The van der Waals surface area contributed by atoms with E-state index in [-0.39, 0.29) is 15.6 Å². The number of Topliss-reactive ketones (excluding diaryl/α,β-unsaturated/α-hetero) is 1. The minimum Gasteiger partial charge on any atom is -0.480 e. The zero-order valence-corrected chi connectivity index (χ0v) is 12.1. The van der Waals surface area contributed by atoms with Crippen LogP contribution in [0.15, 0.2) is 18.2 Å². The Balaban J connectivity index is 2.87. The molecule has 5 nitrogen and oxygen atoms in total. The topological polar surface area (TPSA) is 83.5 Å². The third-order valence-corrected chi connectivity index (χ3v) is 3.23. The van der Waals surface area contributed by atoms with E-state index in [1.54, 1.807) is 0 Å². The molecule has 0 aliphatic heterocycles. The lowest BCUT2D eigenvalue weighted by molar-refractivity contribution is -0.175. The van der Waals surface area contributed by atoms with Crippen molar-refractivity contribution in [2.75, 3.05) is 0 Å². The van der Waals surface area contributed by atoms with Crippen molar-refractivity contribution in [1.29, 1.82) is 0 Å². The van der Waals surface area contributed by atoms with Crippen molar-refractivity contribution in [3.8, 4) is 0 Å². The van der Waals surface area contributed by atoms with Crippen molar-refractivity contribution in [3.05, 3.63) is 33.8 Å². The summed E-state index contributed by atoms with van der Waals surface area (Å²) in [6, 6.07) is 1.65. The third kappa shape index (κ3) is 4.88. The van der Waals surface area contributed by atoms with Gasteiger partial charge in [0.2, 0.25) is 0 Å². The second-order valence-corrected chi connectivity index (χ2v) is 4.93. The van der Waals surface area contributed by atoms with Crippen molar-refractivity contribution >= 4 is 40.9 Å². The summed E-state index contributed by atoms with van der Waals surface area (Å²) in [4.78, 5) is 33.5. The summed E-state index contributed by atoms with van der Waals surface area (Å²) < 4.78 is 36.3. The van der Waals surface area contributed by atoms with Gasteiger partial charge in [0, 0.05) is 12.0 Å². The fourth-order valence-corrected chi connectivity index (χ4v) is 1.71. The van der Waals surface area contributed by atoms with Gasteiger partial charge in [-0.25, -0.2) is 4.79 Å². The normalized spacial score (nSPS) is 12.6. The highest BCUT2D eigenvalue weighted by atomic mass is 35.5. The predicted molar refractivity (Wildman–Crippen MR) is 71.0 cm³/mol. The molecule has 0 saturated heterocycles. The maximum atomic E-state index is 12.1. The molecule has 120 valence electrons. The largest absolute Gasteiger partial charge is 0.480 e. The number of carbonyl (C=O) groups is 3. The Labute approximate surface area is 132 Å². The Morgan fingerprint density at radius 1 is 1.18 bits per heavy atom. The van der Waals surface area contributed by atoms with Crippen LogP contribution in [0.25, 0.3) is 0 Å². The number of rotatable bonds is 5. The summed E-state index contributed by atoms with van der Waals surface area (Å²) in [5, 5.41) is 10.2. The van der Waals surface area contributed by atoms with Gasteiger partial charge in [0.15, 0.2) is 5.78 Å². The van der Waals surface area contributed by atoms with Crippen LogP contribution in [0.1, 0.15) is 16.8 Å². The summed E-state index contributed by atoms with van der Waals surface area (Å²) in [6.07, 6.45) is -6.12. The first-order valence-electron chi connectivity index (χ1n) is 5.61. The van der Waals surface area contributed by atoms with Crippen LogP contribution < -0.4 is 5.32 Å². The van der Waals surface area contributed by atoms with Crippen LogP contribution >= 0.6 is 23.2 Å². The number of amides is 1. The molecule has 1 aromatic carbocycles. The SMILES string of the molecule is O=C(C[C@H](NC(=O)C(F)(F)F)C(=O)O)c1ccc(Cl)c(Cl)c1. The molecule has 1 aromatic rings. The number of carboxylic acid groups (broad SMARTS) is 1. The third-order valence-electron chi connectivity index (χ3n) is 2.49. The van der Waals surface area contributed by atoms with E-state index in [1.165, 1.54) is 17.4 Å². The van der Waals surface area contributed by atoms with Crippen molar-refractivity contribution in [3.63, 3.8) is 0 Å². The zero-order valence-electron chi connectivity index (χ0n) is 10.6. The number of carboxylic acids is 1. The molecule has 0 fully saturated rings. The predicted octanol–water partition coefficient (Wildman–Crippen LogP) is 2.70. The van der Waals surface area contributed by atoms with Crippen molar-refractivity contribution in [2.24, 2.45) is 0 Å². The van der Waals surface area contributed by atoms with Gasteiger partial charge < -0.3 is 10.4 Å². The van der Waals surface area contributed by atoms with Gasteiger partial charge in [-0.1, -0.05) is 23.2 Å². The van der Waals surface area contributed by atoms with Crippen LogP contribution in [0.2, 0.25) is 10.0 Å². The van der Waals surface area contributed by atoms with Crippen molar-refractivity contribution in [1.82, 2.24) is 5.32 Å². The molecule has 0 aliphatic rings. The van der Waals surface area contributed by atoms with Gasteiger partial charge in [-0.15, -0.1) is 0 Å². The molecule has 10 heteroatoms. The minimum absolute atomic E-state index is 0.0266. The molecular weight excluding hydrogens is 350 g/mol. The molecule has 0 heterocycles. The molecule has 0 spiro atoms. The number of ketones is 1. The number of aliphatic carboxylic acids is 1. The molecular formula is C12H8Cl2F3NO4. The molecule has 0 aliphatic carbocycles. The van der Waals surface area contributed by atoms with Crippen LogP contribution in [0.4, 0.5) is 13.2 Å². The number of alkyl halides is 3. The highest BCUT2D eigenvalue weighted by molar-refractivity contribution is 6.42. The van der Waals surface area contributed by atoms with E-state index in [0.29, 0.717) is 0 Å². The Morgan fingerprint density at radius 2 is 1.77 bits per heavy atom. The molecule has 0 unspecified atom stereocenters. The van der Waals surface area contributed by atoms with Gasteiger partial charge in [-0.2, -0.15) is 13.2 Å². The molecule has 2 N–H and O–H groups in total. The molecule has 0 radical (unpaired) electrons. The summed E-state index contributed by atoms with van der Waals surface area (Å²) >= 11 is 11.3. The van der Waals surface area contributed by atoms with Gasteiger partial charge in [0.05, 0.1) is 10.0 Å². The van der Waals surface area contributed by atoms with Crippen LogP contribution in [0.5, 0.6) is 0 Å². The van der Waals surface area contributed by atoms with E-state index in [0.717, 1.165) is 6.07 Å². The van der Waals surface area contributed by atoms with Crippen molar-refractivity contribution in [2.45, 2.75) is 18.6 Å². The van der Waals surface area contributed by atoms with Gasteiger partial charge >= 0.3 is 18.1 Å². The van der Waals surface area contributed by atoms with Gasteiger partial charge in [0.1, 0.15) is 6.04 Å². The zero-order chi connectivity index (χ0) is 17.1. The van der Waals surface area contributed by atoms with Gasteiger partial charge in [-0.3, -0.25) is 9.59 Å². The highest BCUT2D eigenvalue weighted by Gasteiger charge is 2.41. The quantitative estimate of drug-likeness (QED) is 0.793. The van der Waals surface area contributed by atoms with E-state index < -0.39 is 36.3 Å². The van der Waals surface area contributed by atoms with E-state index in [2.05, 4.69) is 0 Å². The Morgan fingerprint density at radius 3 is 2.23 bits per heavy atom. The average Bonchev–Trinajstić information content (AvgIpc) is 2.39. The molecule has 0 aromatic heterocycles. The molecule has 0 saturated carbocycles. The maximum Gasteiger partial charge on any atom is 0.471 e. The van der Waals surface area contributed by atoms with Crippen LogP contribution in [-0.2, 0) is 9.59 Å². The van der Waals surface area contributed by atoms with Crippen LogP contribution in [0, 0.1) is 0 Å². The van der Waals surface area contributed by atoms with E-state index in [4.69, 9.17) is 28.3 Å². The number of carbonyl (C=O) groups excluding carboxylic acids is 2.